The molecular formula is C11H21N. The second-order valence-electron chi connectivity index (χ2n) is 4.26. The van der Waals surface area contributed by atoms with Gasteiger partial charge in [-0.1, -0.05) is 25.5 Å². The van der Waals surface area contributed by atoms with Crippen molar-refractivity contribution in [3.8, 4) is 0 Å². The zero-order valence-electron chi connectivity index (χ0n) is 8.34. The zero-order valence-corrected chi connectivity index (χ0v) is 8.34. The maximum atomic E-state index is 6.08. The largest absolute Gasteiger partial charge is 0.324 e. The standard InChI is InChI=1S/C11H21N/c1-9(2)8-11(12)10-6-4-3-5-7-10/h6,9,11H,3-5,7-8,12H2,1-2H3. The smallest absolute Gasteiger partial charge is 0.0256 e. The fourth-order valence-electron chi connectivity index (χ4n) is 1.86. The summed E-state index contributed by atoms with van der Waals surface area (Å²) in [7, 11) is 0. The molecule has 12 heavy (non-hydrogen) atoms. The molecule has 0 fully saturated rings. The van der Waals surface area contributed by atoms with Gasteiger partial charge in [-0.3, -0.25) is 0 Å². The van der Waals surface area contributed by atoms with E-state index in [0.717, 1.165) is 12.3 Å². The number of hydrogen-bond acceptors (Lipinski definition) is 1. The Balaban J connectivity index is 2.39. The summed E-state index contributed by atoms with van der Waals surface area (Å²) in [5, 5.41) is 0. The SMILES string of the molecule is CC(C)CC(N)C1=CCCCC1. The van der Waals surface area contributed by atoms with Gasteiger partial charge in [0.25, 0.3) is 0 Å². The molecule has 0 heterocycles. The number of allylic oxidation sites excluding steroid dienone is 1. The van der Waals surface area contributed by atoms with Gasteiger partial charge in [-0.2, -0.15) is 0 Å². The predicted molar refractivity (Wildman–Crippen MR) is 54.0 cm³/mol. The van der Waals surface area contributed by atoms with Crippen molar-refractivity contribution in [2.45, 2.75) is 52.0 Å². The molecule has 0 aromatic carbocycles. The van der Waals surface area contributed by atoms with Crippen LogP contribution in [0.25, 0.3) is 0 Å². The molecule has 0 amide bonds. The molecule has 1 unspecified atom stereocenters. The molecule has 0 aromatic heterocycles. The van der Waals surface area contributed by atoms with Crippen LogP contribution < -0.4 is 5.73 Å². The molecule has 1 atom stereocenters. The van der Waals surface area contributed by atoms with E-state index in [9.17, 15) is 0 Å². The molecule has 0 radical (unpaired) electrons. The predicted octanol–water partition coefficient (Wildman–Crippen LogP) is 2.86. The lowest BCUT2D eigenvalue weighted by molar-refractivity contribution is 0.510. The highest BCUT2D eigenvalue weighted by Gasteiger charge is 2.12. The van der Waals surface area contributed by atoms with Gasteiger partial charge >= 0.3 is 0 Å². The Hall–Kier alpha value is -0.300. The Morgan fingerprint density at radius 1 is 1.42 bits per heavy atom. The second-order valence-corrected chi connectivity index (χ2v) is 4.26. The summed E-state index contributed by atoms with van der Waals surface area (Å²) in [5.74, 6) is 0.725. The van der Waals surface area contributed by atoms with Crippen LogP contribution in [0.1, 0.15) is 46.0 Å². The van der Waals surface area contributed by atoms with Gasteiger partial charge < -0.3 is 5.73 Å². The van der Waals surface area contributed by atoms with Crippen molar-refractivity contribution < 1.29 is 0 Å². The summed E-state index contributed by atoms with van der Waals surface area (Å²) < 4.78 is 0. The lowest BCUT2D eigenvalue weighted by atomic mass is 9.90. The van der Waals surface area contributed by atoms with Crippen molar-refractivity contribution in [3.05, 3.63) is 11.6 Å². The minimum Gasteiger partial charge on any atom is -0.324 e. The van der Waals surface area contributed by atoms with Gasteiger partial charge in [0.1, 0.15) is 0 Å². The summed E-state index contributed by atoms with van der Waals surface area (Å²) in [6.45, 7) is 4.48. The van der Waals surface area contributed by atoms with Gasteiger partial charge in [-0.25, -0.2) is 0 Å². The number of nitrogens with two attached hydrogens (primary N) is 1. The van der Waals surface area contributed by atoms with Crippen LogP contribution in [0.4, 0.5) is 0 Å². The maximum absolute atomic E-state index is 6.08. The summed E-state index contributed by atoms with van der Waals surface area (Å²) in [6.07, 6.45) is 8.70. The molecule has 1 rings (SSSR count). The first-order valence-electron chi connectivity index (χ1n) is 5.14. The molecule has 0 bridgehead atoms. The van der Waals surface area contributed by atoms with Crippen LogP contribution in [-0.2, 0) is 0 Å². The molecule has 1 heteroatoms. The Labute approximate surface area is 76.0 Å². The van der Waals surface area contributed by atoms with E-state index in [1.54, 1.807) is 0 Å². The first-order valence-corrected chi connectivity index (χ1v) is 5.14. The summed E-state index contributed by atoms with van der Waals surface area (Å²) in [6, 6.07) is 0.338. The second kappa shape index (κ2) is 4.66. The number of rotatable bonds is 3. The highest BCUT2D eigenvalue weighted by Crippen LogP contribution is 2.22. The van der Waals surface area contributed by atoms with Crippen molar-refractivity contribution in [2.24, 2.45) is 11.7 Å². The Morgan fingerprint density at radius 3 is 2.67 bits per heavy atom. The van der Waals surface area contributed by atoms with E-state index in [4.69, 9.17) is 5.73 Å². The highest BCUT2D eigenvalue weighted by molar-refractivity contribution is 5.12. The molecule has 70 valence electrons. The molecule has 1 aliphatic rings. The molecule has 0 aliphatic heterocycles. The Kier molecular flexibility index (Phi) is 3.80. The van der Waals surface area contributed by atoms with Gasteiger partial charge in [0.15, 0.2) is 0 Å². The van der Waals surface area contributed by atoms with Crippen molar-refractivity contribution in [2.75, 3.05) is 0 Å². The van der Waals surface area contributed by atoms with Crippen LogP contribution in [0.5, 0.6) is 0 Å². The topological polar surface area (TPSA) is 26.0 Å². The highest BCUT2D eigenvalue weighted by atomic mass is 14.6. The van der Waals surface area contributed by atoms with E-state index in [-0.39, 0.29) is 0 Å². The Morgan fingerprint density at radius 2 is 2.17 bits per heavy atom. The normalized spacial score (nSPS) is 20.8. The zero-order chi connectivity index (χ0) is 8.97. The third-order valence-electron chi connectivity index (χ3n) is 2.53. The van der Waals surface area contributed by atoms with Crippen LogP contribution in [-0.4, -0.2) is 6.04 Å². The average Bonchev–Trinajstić information content (AvgIpc) is 2.05. The fourth-order valence-corrected chi connectivity index (χ4v) is 1.86. The van der Waals surface area contributed by atoms with Gasteiger partial charge in [-0.15, -0.1) is 0 Å². The van der Waals surface area contributed by atoms with Crippen LogP contribution in [0, 0.1) is 5.92 Å². The van der Waals surface area contributed by atoms with E-state index >= 15 is 0 Å². The van der Waals surface area contributed by atoms with Gasteiger partial charge in [0.05, 0.1) is 0 Å². The third kappa shape index (κ3) is 2.98. The molecular weight excluding hydrogens is 146 g/mol. The van der Waals surface area contributed by atoms with Gasteiger partial charge in [0.2, 0.25) is 0 Å². The molecule has 0 spiro atoms. The molecule has 1 nitrogen and oxygen atoms in total. The lowest BCUT2D eigenvalue weighted by Gasteiger charge is -2.20. The quantitative estimate of drug-likeness (QED) is 0.643. The van der Waals surface area contributed by atoms with Crippen LogP contribution in [0.15, 0.2) is 11.6 Å². The fraction of sp³-hybridized carbons (Fsp3) is 0.818. The minimum absolute atomic E-state index is 0.338. The first kappa shape index (κ1) is 9.79. The van der Waals surface area contributed by atoms with Crippen molar-refractivity contribution in [1.29, 1.82) is 0 Å². The molecule has 0 aromatic rings. The average molecular weight is 167 g/mol. The van der Waals surface area contributed by atoms with Crippen LogP contribution in [0.3, 0.4) is 0 Å². The maximum Gasteiger partial charge on any atom is 0.0256 e. The third-order valence-corrected chi connectivity index (χ3v) is 2.53. The Bertz CT molecular complexity index is 158. The first-order chi connectivity index (χ1) is 5.70. The monoisotopic (exact) mass is 167 g/mol. The van der Waals surface area contributed by atoms with Crippen LogP contribution in [0.2, 0.25) is 0 Å². The van der Waals surface area contributed by atoms with E-state index in [2.05, 4.69) is 19.9 Å². The van der Waals surface area contributed by atoms with Crippen molar-refractivity contribution >= 4 is 0 Å². The molecule has 0 saturated carbocycles. The number of hydrogen-bond donors (Lipinski definition) is 1. The summed E-state index contributed by atoms with van der Waals surface area (Å²) in [4.78, 5) is 0. The van der Waals surface area contributed by atoms with Crippen LogP contribution >= 0.6 is 0 Å². The van der Waals surface area contributed by atoms with Gasteiger partial charge in [-0.05, 0) is 38.0 Å². The van der Waals surface area contributed by atoms with E-state index < -0.39 is 0 Å². The van der Waals surface area contributed by atoms with Gasteiger partial charge in [0, 0.05) is 6.04 Å². The van der Waals surface area contributed by atoms with Crippen molar-refractivity contribution in [3.63, 3.8) is 0 Å². The summed E-state index contributed by atoms with van der Waals surface area (Å²) >= 11 is 0. The van der Waals surface area contributed by atoms with Crippen molar-refractivity contribution in [1.82, 2.24) is 0 Å². The van der Waals surface area contributed by atoms with E-state index in [1.165, 1.54) is 31.3 Å². The van der Waals surface area contributed by atoms with E-state index in [1.807, 2.05) is 0 Å². The van der Waals surface area contributed by atoms with E-state index in [0.29, 0.717) is 6.04 Å². The molecule has 2 N–H and O–H groups in total. The summed E-state index contributed by atoms with van der Waals surface area (Å²) in [5.41, 5.74) is 7.59. The minimum atomic E-state index is 0.338. The lowest BCUT2D eigenvalue weighted by Crippen LogP contribution is -2.25. The molecule has 0 saturated heterocycles. The molecule has 1 aliphatic carbocycles.